The van der Waals surface area contributed by atoms with Crippen LogP contribution in [0.25, 0.3) is 5.69 Å². The number of hydrogen-bond donors (Lipinski definition) is 0. The molecule has 0 aliphatic carbocycles. The van der Waals surface area contributed by atoms with Gasteiger partial charge in [-0.25, -0.2) is 4.79 Å². The summed E-state index contributed by atoms with van der Waals surface area (Å²) in [4.78, 5) is 14.2. The molecule has 0 N–H and O–H groups in total. The van der Waals surface area contributed by atoms with E-state index in [4.69, 9.17) is 4.74 Å². The first kappa shape index (κ1) is 21.4. The third-order valence-corrected chi connectivity index (χ3v) is 5.88. The van der Waals surface area contributed by atoms with Crippen molar-refractivity contribution < 1.29 is 9.53 Å². The van der Waals surface area contributed by atoms with Crippen molar-refractivity contribution >= 4 is 17.9 Å². The molecular weight excluding hydrogens is 386 g/mol. The minimum absolute atomic E-state index is 0.237. The van der Waals surface area contributed by atoms with Crippen LogP contribution in [0.2, 0.25) is 0 Å². The smallest absolute Gasteiger partial charge is 0.410 e. The van der Waals surface area contributed by atoms with Gasteiger partial charge in [-0.15, -0.1) is 11.7 Å². The number of ether oxygens (including phenoxy) is 1. The number of likely N-dealkylation sites (tertiary alicyclic amines) is 1. The first-order valence-corrected chi connectivity index (χ1v) is 10.9. The van der Waals surface area contributed by atoms with Crippen LogP contribution in [-0.2, 0) is 4.74 Å². The molecule has 1 amide bonds. The summed E-state index contributed by atoms with van der Waals surface area (Å²) in [6.45, 7) is 11.0. The van der Waals surface area contributed by atoms with E-state index in [0.29, 0.717) is 12.5 Å². The number of tetrazole rings is 1. The molecule has 0 unspecified atom stereocenters. The number of carbonyl (C=O) groups excluding carboxylic acids is 1. The molecule has 1 saturated heterocycles. The molecule has 2 atom stereocenters. The van der Waals surface area contributed by atoms with Crippen molar-refractivity contribution in [2.24, 2.45) is 11.8 Å². The lowest BCUT2D eigenvalue weighted by molar-refractivity contribution is 0.0136. The first-order valence-electron chi connectivity index (χ1n) is 9.94. The molecule has 0 spiro atoms. The van der Waals surface area contributed by atoms with Crippen LogP contribution in [0.1, 0.15) is 33.6 Å². The highest BCUT2D eigenvalue weighted by Crippen LogP contribution is 2.31. The molecule has 8 heteroatoms. The molecule has 156 valence electrons. The van der Waals surface area contributed by atoms with Gasteiger partial charge >= 0.3 is 6.09 Å². The molecule has 1 aromatic heterocycles. The Bertz CT molecular complexity index is 818. The standard InChI is InChI=1S/C21H29N5O2S/c1-5-16-15-25(20(27)28-21(2,3)4)13-11-17(16)12-14-29-19-22-23-24-26(19)18-9-7-6-8-10-18/h5-10,16-17H,1,11-15H2,2-4H3/t16-,17-/m0/s1. The molecule has 1 aliphatic rings. The van der Waals surface area contributed by atoms with Gasteiger partial charge in [-0.3, -0.25) is 0 Å². The second kappa shape index (κ2) is 9.43. The molecule has 0 bridgehead atoms. The topological polar surface area (TPSA) is 73.1 Å². The number of thioether (sulfide) groups is 1. The van der Waals surface area contributed by atoms with E-state index in [1.54, 1.807) is 21.3 Å². The summed E-state index contributed by atoms with van der Waals surface area (Å²) in [6, 6.07) is 9.89. The highest BCUT2D eigenvalue weighted by molar-refractivity contribution is 7.99. The van der Waals surface area contributed by atoms with Gasteiger partial charge in [0, 0.05) is 18.8 Å². The average molecular weight is 416 g/mol. The van der Waals surface area contributed by atoms with E-state index >= 15 is 0 Å². The summed E-state index contributed by atoms with van der Waals surface area (Å²) in [5, 5.41) is 12.9. The lowest BCUT2D eigenvalue weighted by Gasteiger charge is -2.37. The number of amides is 1. The second-order valence-electron chi connectivity index (χ2n) is 8.22. The highest BCUT2D eigenvalue weighted by Gasteiger charge is 2.31. The quantitative estimate of drug-likeness (QED) is 0.520. The fourth-order valence-electron chi connectivity index (χ4n) is 3.45. The molecular formula is C21H29N5O2S. The molecule has 2 heterocycles. The van der Waals surface area contributed by atoms with Crippen LogP contribution in [0, 0.1) is 11.8 Å². The molecule has 7 nitrogen and oxygen atoms in total. The lowest BCUT2D eigenvalue weighted by atomic mass is 9.84. The van der Waals surface area contributed by atoms with E-state index in [9.17, 15) is 4.79 Å². The van der Waals surface area contributed by atoms with Crippen LogP contribution >= 0.6 is 11.8 Å². The molecule has 1 fully saturated rings. The van der Waals surface area contributed by atoms with E-state index in [-0.39, 0.29) is 12.0 Å². The zero-order valence-electron chi connectivity index (χ0n) is 17.3. The van der Waals surface area contributed by atoms with Gasteiger partial charge in [-0.2, -0.15) is 4.68 Å². The van der Waals surface area contributed by atoms with Crippen LogP contribution in [0.15, 0.2) is 48.1 Å². The van der Waals surface area contributed by atoms with Gasteiger partial charge < -0.3 is 9.64 Å². The average Bonchev–Trinajstić information content (AvgIpc) is 3.16. The van der Waals surface area contributed by atoms with Gasteiger partial charge in [-0.1, -0.05) is 36.0 Å². The molecule has 3 rings (SSSR count). The summed E-state index contributed by atoms with van der Waals surface area (Å²) >= 11 is 1.66. The van der Waals surface area contributed by atoms with E-state index in [1.807, 2.05) is 57.2 Å². The summed E-state index contributed by atoms with van der Waals surface area (Å²) in [7, 11) is 0. The van der Waals surface area contributed by atoms with Crippen LogP contribution in [0.5, 0.6) is 0 Å². The Balaban J connectivity index is 1.53. The fourth-order valence-corrected chi connectivity index (χ4v) is 4.41. The third-order valence-electron chi connectivity index (χ3n) is 4.92. The maximum Gasteiger partial charge on any atom is 0.410 e. The summed E-state index contributed by atoms with van der Waals surface area (Å²) < 4.78 is 7.28. The monoisotopic (exact) mass is 415 g/mol. The van der Waals surface area contributed by atoms with Crippen molar-refractivity contribution in [2.75, 3.05) is 18.8 Å². The van der Waals surface area contributed by atoms with Crippen molar-refractivity contribution in [3.05, 3.63) is 43.0 Å². The van der Waals surface area contributed by atoms with Crippen molar-refractivity contribution in [2.45, 2.75) is 44.4 Å². The van der Waals surface area contributed by atoms with Gasteiger partial charge in [0.1, 0.15) is 5.60 Å². The fraction of sp³-hybridized carbons (Fsp3) is 0.524. The zero-order valence-corrected chi connectivity index (χ0v) is 18.1. The predicted molar refractivity (Wildman–Crippen MR) is 114 cm³/mol. The number of hydrogen-bond acceptors (Lipinski definition) is 6. The van der Waals surface area contributed by atoms with Crippen molar-refractivity contribution in [3.8, 4) is 5.69 Å². The van der Waals surface area contributed by atoms with Crippen LogP contribution < -0.4 is 0 Å². The summed E-state index contributed by atoms with van der Waals surface area (Å²) in [6.07, 6.45) is 3.70. The van der Waals surface area contributed by atoms with Crippen LogP contribution in [0.4, 0.5) is 4.79 Å². The number of carbonyl (C=O) groups is 1. The molecule has 29 heavy (non-hydrogen) atoms. The number of nitrogens with zero attached hydrogens (tertiary/aromatic N) is 5. The highest BCUT2D eigenvalue weighted by atomic mass is 32.2. The Kier molecular flexibility index (Phi) is 6.95. The normalized spacial score (nSPS) is 19.8. The van der Waals surface area contributed by atoms with Crippen LogP contribution in [0.3, 0.4) is 0 Å². The van der Waals surface area contributed by atoms with Gasteiger partial charge in [0.25, 0.3) is 0 Å². The summed E-state index contributed by atoms with van der Waals surface area (Å²) in [5.41, 5.74) is 0.478. The Morgan fingerprint density at radius 2 is 2.10 bits per heavy atom. The van der Waals surface area contributed by atoms with Crippen molar-refractivity contribution in [1.29, 1.82) is 0 Å². The molecule has 1 aliphatic heterocycles. The van der Waals surface area contributed by atoms with Crippen LogP contribution in [-0.4, -0.2) is 55.6 Å². The van der Waals surface area contributed by atoms with E-state index in [0.717, 1.165) is 36.0 Å². The van der Waals surface area contributed by atoms with Gasteiger partial charge in [0.15, 0.2) is 0 Å². The predicted octanol–water partition coefficient (Wildman–Crippen LogP) is 4.20. The van der Waals surface area contributed by atoms with Crippen molar-refractivity contribution in [1.82, 2.24) is 25.1 Å². The number of aromatic nitrogens is 4. The molecule has 2 aromatic rings. The first-order chi connectivity index (χ1) is 13.9. The van der Waals surface area contributed by atoms with Gasteiger partial charge in [0.2, 0.25) is 5.16 Å². The minimum atomic E-state index is -0.475. The van der Waals surface area contributed by atoms with E-state index in [2.05, 4.69) is 22.1 Å². The Morgan fingerprint density at radius 1 is 1.34 bits per heavy atom. The van der Waals surface area contributed by atoms with E-state index < -0.39 is 5.60 Å². The minimum Gasteiger partial charge on any atom is -0.444 e. The largest absolute Gasteiger partial charge is 0.444 e. The SMILES string of the molecule is C=C[C@H]1CN(C(=O)OC(C)(C)C)CC[C@H]1CCSc1nnnn1-c1ccccc1. The number of rotatable bonds is 6. The molecule has 0 radical (unpaired) electrons. The lowest BCUT2D eigenvalue weighted by Crippen LogP contribution is -2.45. The number of piperidine rings is 1. The Labute approximate surface area is 176 Å². The molecule has 1 aromatic carbocycles. The van der Waals surface area contributed by atoms with Crippen molar-refractivity contribution in [3.63, 3.8) is 0 Å². The maximum atomic E-state index is 12.4. The second-order valence-corrected chi connectivity index (χ2v) is 9.28. The third kappa shape index (κ3) is 5.82. The van der Waals surface area contributed by atoms with E-state index in [1.165, 1.54) is 0 Å². The van der Waals surface area contributed by atoms with Gasteiger partial charge in [0.05, 0.1) is 5.69 Å². The zero-order chi connectivity index (χ0) is 20.9. The van der Waals surface area contributed by atoms with Gasteiger partial charge in [-0.05, 0) is 68.0 Å². The summed E-state index contributed by atoms with van der Waals surface area (Å²) in [5.74, 6) is 1.66. The molecule has 0 saturated carbocycles. The Morgan fingerprint density at radius 3 is 2.79 bits per heavy atom. The number of benzene rings is 1. The maximum absolute atomic E-state index is 12.4. The number of para-hydroxylation sites is 1. The Hall–Kier alpha value is -2.35.